The Bertz CT molecular complexity index is 431. The van der Waals surface area contributed by atoms with E-state index in [1.807, 2.05) is 6.07 Å². The monoisotopic (exact) mass is 247 g/mol. The van der Waals surface area contributed by atoms with Gasteiger partial charge in [-0.2, -0.15) is 0 Å². The van der Waals surface area contributed by atoms with E-state index in [0.29, 0.717) is 12.5 Å². The SMILES string of the molecule is NCC1(c2ccc(C3CCCCC3)c(F)c2)CC1. The highest BCUT2D eigenvalue weighted by Crippen LogP contribution is 2.48. The van der Waals surface area contributed by atoms with Gasteiger partial charge in [0.05, 0.1) is 0 Å². The van der Waals surface area contributed by atoms with Gasteiger partial charge < -0.3 is 5.73 Å². The summed E-state index contributed by atoms with van der Waals surface area (Å²) in [5.41, 5.74) is 7.96. The number of hydrogen-bond donors (Lipinski definition) is 1. The Morgan fingerprint density at radius 3 is 2.44 bits per heavy atom. The topological polar surface area (TPSA) is 26.0 Å². The van der Waals surface area contributed by atoms with E-state index in [-0.39, 0.29) is 11.2 Å². The minimum absolute atomic E-state index is 0.000810. The maximum absolute atomic E-state index is 14.3. The van der Waals surface area contributed by atoms with E-state index in [4.69, 9.17) is 5.73 Å². The molecule has 2 N–H and O–H groups in total. The summed E-state index contributed by atoms with van der Waals surface area (Å²) >= 11 is 0. The van der Waals surface area contributed by atoms with Gasteiger partial charge in [0.1, 0.15) is 5.82 Å². The van der Waals surface area contributed by atoms with E-state index >= 15 is 0 Å². The van der Waals surface area contributed by atoms with Gasteiger partial charge in [0, 0.05) is 12.0 Å². The first kappa shape index (κ1) is 12.2. The molecule has 3 rings (SSSR count). The highest BCUT2D eigenvalue weighted by atomic mass is 19.1. The molecular weight excluding hydrogens is 225 g/mol. The van der Waals surface area contributed by atoms with Gasteiger partial charge in [0.2, 0.25) is 0 Å². The van der Waals surface area contributed by atoms with Crippen molar-refractivity contribution < 1.29 is 4.39 Å². The summed E-state index contributed by atoms with van der Waals surface area (Å²) in [6.07, 6.45) is 8.34. The van der Waals surface area contributed by atoms with Gasteiger partial charge >= 0.3 is 0 Å². The summed E-state index contributed by atoms with van der Waals surface area (Å²) in [6.45, 7) is 0.648. The Kier molecular flexibility index (Phi) is 3.14. The van der Waals surface area contributed by atoms with Crippen LogP contribution in [0.15, 0.2) is 18.2 Å². The zero-order chi connectivity index (χ0) is 12.6. The predicted octanol–water partition coefficient (Wildman–Crippen LogP) is 3.86. The molecule has 0 aromatic heterocycles. The van der Waals surface area contributed by atoms with E-state index < -0.39 is 0 Å². The fraction of sp³-hybridized carbons (Fsp3) is 0.625. The lowest BCUT2D eigenvalue weighted by Gasteiger charge is -2.23. The molecular formula is C16H22FN. The molecule has 0 spiro atoms. The molecule has 98 valence electrons. The fourth-order valence-corrected chi connectivity index (χ4v) is 3.36. The van der Waals surface area contributed by atoms with Crippen LogP contribution in [0.5, 0.6) is 0 Å². The molecule has 18 heavy (non-hydrogen) atoms. The van der Waals surface area contributed by atoms with E-state index in [1.54, 1.807) is 6.07 Å². The second kappa shape index (κ2) is 4.65. The molecule has 0 bridgehead atoms. The largest absolute Gasteiger partial charge is 0.330 e. The van der Waals surface area contributed by atoms with Crippen LogP contribution < -0.4 is 5.73 Å². The Morgan fingerprint density at radius 1 is 1.17 bits per heavy atom. The number of nitrogens with two attached hydrogens (primary N) is 1. The normalized spacial score (nSPS) is 23.0. The highest BCUT2D eigenvalue weighted by molar-refractivity contribution is 5.36. The first-order valence-electron chi connectivity index (χ1n) is 7.25. The summed E-state index contributed by atoms with van der Waals surface area (Å²) in [4.78, 5) is 0. The van der Waals surface area contributed by atoms with Crippen molar-refractivity contribution in [2.75, 3.05) is 6.54 Å². The van der Waals surface area contributed by atoms with Crippen LogP contribution in [0.2, 0.25) is 0 Å². The Morgan fingerprint density at radius 2 is 1.89 bits per heavy atom. The minimum Gasteiger partial charge on any atom is -0.330 e. The summed E-state index contributed by atoms with van der Waals surface area (Å²) in [7, 11) is 0. The minimum atomic E-state index is -0.000810. The van der Waals surface area contributed by atoms with Gasteiger partial charge in [-0.15, -0.1) is 0 Å². The Balaban J connectivity index is 1.84. The molecule has 2 aliphatic carbocycles. The van der Waals surface area contributed by atoms with E-state index in [1.165, 1.54) is 19.3 Å². The average Bonchev–Trinajstić information content (AvgIpc) is 3.21. The molecule has 2 aliphatic rings. The van der Waals surface area contributed by atoms with Crippen LogP contribution in [0.4, 0.5) is 4.39 Å². The summed E-state index contributed by atoms with van der Waals surface area (Å²) in [5, 5.41) is 0. The molecule has 0 unspecified atom stereocenters. The number of halogens is 1. The van der Waals surface area contributed by atoms with Gasteiger partial charge in [-0.1, -0.05) is 31.4 Å². The quantitative estimate of drug-likeness (QED) is 0.862. The maximum Gasteiger partial charge on any atom is 0.126 e. The van der Waals surface area contributed by atoms with Gasteiger partial charge in [-0.05, 0) is 48.8 Å². The van der Waals surface area contributed by atoms with Crippen molar-refractivity contribution >= 4 is 0 Å². The van der Waals surface area contributed by atoms with Crippen LogP contribution in [0.1, 0.15) is 62.0 Å². The van der Waals surface area contributed by atoms with Crippen molar-refractivity contribution in [1.82, 2.24) is 0 Å². The van der Waals surface area contributed by atoms with Crippen molar-refractivity contribution in [3.05, 3.63) is 35.1 Å². The van der Waals surface area contributed by atoms with Crippen LogP contribution in [0.3, 0.4) is 0 Å². The molecule has 1 nitrogen and oxygen atoms in total. The zero-order valence-corrected chi connectivity index (χ0v) is 10.9. The average molecular weight is 247 g/mol. The molecule has 0 saturated heterocycles. The second-order valence-corrected chi connectivity index (χ2v) is 6.06. The second-order valence-electron chi connectivity index (χ2n) is 6.06. The van der Waals surface area contributed by atoms with Crippen molar-refractivity contribution in [3.63, 3.8) is 0 Å². The summed E-state index contributed by atoms with van der Waals surface area (Å²) in [6, 6.07) is 5.90. The molecule has 0 amide bonds. The van der Waals surface area contributed by atoms with E-state index in [2.05, 4.69) is 6.07 Å². The number of hydrogen-bond acceptors (Lipinski definition) is 1. The third-order valence-corrected chi connectivity index (χ3v) is 4.90. The predicted molar refractivity (Wildman–Crippen MR) is 72.2 cm³/mol. The van der Waals surface area contributed by atoms with E-state index in [0.717, 1.165) is 36.8 Å². The third kappa shape index (κ3) is 2.07. The van der Waals surface area contributed by atoms with Crippen LogP contribution in [0.25, 0.3) is 0 Å². The van der Waals surface area contributed by atoms with Crippen molar-refractivity contribution in [1.29, 1.82) is 0 Å². The first-order valence-corrected chi connectivity index (χ1v) is 7.25. The van der Waals surface area contributed by atoms with E-state index in [9.17, 15) is 4.39 Å². The maximum atomic E-state index is 14.3. The summed E-state index contributed by atoms with van der Waals surface area (Å²) < 4.78 is 14.3. The molecule has 0 atom stereocenters. The number of rotatable bonds is 3. The molecule has 2 saturated carbocycles. The fourth-order valence-electron chi connectivity index (χ4n) is 3.36. The number of benzene rings is 1. The lowest BCUT2D eigenvalue weighted by molar-refractivity contribution is 0.429. The Labute approximate surface area is 109 Å². The van der Waals surface area contributed by atoms with Crippen LogP contribution in [0, 0.1) is 5.82 Å². The van der Waals surface area contributed by atoms with Gasteiger partial charge in [-0.3, -0.25) is 0 Å². The van der Waals surface area contributed by atoms with Gasteiger partial charge in [0.15, 0.2) is 0 Å². The first-order chi connectivity index (χ1) is 8.75. The third-order valence-electron chi connectivity index (χ3n) is 4.90. The molecule has 0 heterocycles. The van der Waals surface area contributed by atoms with Gasteiger partial charge in [0.25, 0.3) is 0 Å². The standard InChI is InChI=1S/C16H22FN/c17-15-10-13(16(11-18)8-9-16)6-7-14(15)12-4-2-1-3-5-12/h6-7,10,12H,1-5,8-9,11,18H2. The summed E-state index contributed by atoms with van der Waals surface area (Å²) in [5.74, 6) is 0.444. The molecule has 2 fully saturated rings. The lowest BCUT2D eigenvalue weighted by Crippen LogP contribution is -2.20. The smallest absolute Gasteiger partial charge is 0.126 e. The molecule has 1 aromatic carbocycles. The molecule has 1 aromatic rings. The highest BCUT2D eigenvalue weighted by Gasteiger charge is 2.43. The zero-order valence-electron chi connectivity index (χ0n) is 10.9. The van der Waals surface area contributed by atoms with Crippen molar-refractivity contribution in [3.8, 4) is 0 Å². The molecule has 2 heteroatoms. The van der Waals surface area contributed by atoms with Crippen LogP contribution >= 0.6 is 0 Å². The van der Waals surface area contributed by atoms with Crippen molar-refractivity contribution in [2.24, 2.45) is 5.73 Å². The van der Waals surface area contributed by atoms with Gasteiger partial charge in [-0.25, -0.2) is 4.39 Å². The van der Waals surface area contributed by atoms with Crippen LogP contribution in [-0.4, -0.2) is 6.54 Å². The lowest BCUT2D eigenvalue weighted by atomic mass is 9.82. The van der Waals surface area contributed by atoms with Crippen molar-refractivity contribution in [2.45, 2.75) is 56.3 Å². The Hall–Kier alpha value is -0.890. The van der Waals surface area contributed by atoms with Crippen LogP contribution in [-0.2, 0) is 5.41 Å². The molecule has 0 aliphatic heterocycles. The molecule has 0 radical (unpaired) electrons.